The van der Waals surface area contributed by atoms with E-state index in [2.05, 4.69) is 19.9 Å². The first kappa shape index (κ1) is 33.2. The van der Waals surface area contributed by atoms with Gasteiger partial charge in [-0.3, -0.25) is 23.5 Å². The van der Waals surface area contributed by atoms with Gasteiger partial charge in [-0.25, -0.2) is 28.5 Å². The molecule has 10 atom stereocenters. The molecule has 3 aliphatic heterocycles. The first-order chi connectivity index (χ1) is 22.8. The molecule has 7 rings (SSSR count). The van der Waals surface area contributed by atoms with Crippen molar-refractivity contribution in [1.29, 1.82) is 0 Å². The van der Waals surface area contributed by atoms with Crippen LogP contribution in [0.1, 0.15) is 12.5 Å². The van der Waals surface area contributed by atoms with E-state index in [4.69, 9.17) is 45.1 Å². The number of rotatable bonds is 3. The molecule has 0 saturated carbocycles. The number of nitrogen functional groups attached to an aromatic ring is 1. The van der Waals surface area contributed by atoms with Crippen molar-refractivity contribution in [2.24, 2.45) is 0 Å². The highest BCUT2D eigenvalue weighted by Gasteiger charge is 2.52. The molecule has 3 saturated heterocycles. The summed E-state index contributed by atoms with van der Waals surface area (Å²) in [6.45, 7) is -6.66. The third-order valence-corrected chi connectivity index (χ3v) is 10.3. The number of ether oxygens (including phenoxy) is 2. The van der Waals surface area contributed by atoms with Gasteiger partial charge in [0.05, 0.1) is 25.1 Å². The molecular weight excluding hydrogens is 706 g/mol. The van der Waals surface area contributed by atoms with Gasteiger partial charge in [0.1, 0.15) is 43.0 Å². The molecule has 3 aliphatic rings. The number of H-pyrrole nitrogens is 1. The number of nitrogens with one attached hydrogen (secondary N) is 1. The molecule has 18 nitrogen and oxygen atoms in total. The Morgan fingerprint density at radius 3 is 2.44 bits per heavy atom. The number of phosphoric acid groups is 1. The van der Waals surface area contributed by atoms with E-state index in [-0.39, 0.29) is 22.5 Å². The van der Waals surface area contributed by atoms with E-state index in [1.165, 1.54) is 0 Å². The van der Waals surface area contributed by atoms with Crippen molar-refractivity contribution < 1.29 is 50.7 Å². The van der Waals surface area contributed by atoms with Gasteiger partial charge in [-0.15, -0.1) is 0 Å². The fourth-order valence-electron chi connectivity index (χ4n) is 5.59. The minimum absolute atomic E-state index is 0.0160. The number of imidazole rings is 1. The molecule has 3 fully saturated rings. The molecule has 2 unspecified atom stereocenters. The van der Waals surface area contributed by atoms with Crippen LogP contribution in [0.15, 0.2) is 58.8 Å². The van der Waals surface area contributed by atoms with Crippen molar-refractivity contribution in [1.82, 2.24) is 29.1 Å². The van der Waals surface area contributed by atoms with E-state index in [0.29, 0.717) is 5.56 Å². The van der Waals surface area contributed by atoms with Gasteiger partial charge in [0, 0.05) is 6.20 Å². The van der Waals surface area contributed by atoms with Gasteiger partial charge in [-0.2, -0.15) is 0 Å². The third-order valence-electron chi connectivity index (χ3n) is 7.81. The number of benzene rings is 1. The highest BCUT2D eigenvalue weighted by atomic mass is 32.5. The van der Waals surface area contributed by atoms with Crippen LogP contribution in [0.25, 0.3) is 22.3 Å². The van der Waals surface area contributed by atoms with Crippen LogP contribution in [0.2, 0.25) is 0 Å². The van der Waals surface area contributed by atoms with E-state index in [1.54, 1.807) is 30.3 Å². The molecule has 0 aliphatic carbocycles. The molecule has 3 N–H and O–H groups in total. The molecule has 23 heteroatoms. The number of alkyl halides is 2. The van der Waals surface area contributed by atoms with Gasteiger partial charge in [-0.1, -0.05) is 42.1 Å². The van der Waals surface area contributed by atoms with Crippen LogP contribution in [0.3, 0.4) is 0 Å². The molecule has 256 valence electrons. The first-order valence-electron chi connectivity index (χ1n) is 14.0. The largest absolute Gasteiger partial charge is 0.780 e. The van der Waals surface area contributed by atoms with Crippen LogP contribution < -0.4 is 26.8 Å². The zero-order chi connectivity index (χ0) is 34.0. The highest BCUT2D eigenvalue weighted by molar-refractivity contribution is 8.06. The molecule has 48 heavy (non-hydrogen) atoms. The summed E-state index contributed by atoms with van der Waals surface area (Å²) in [6, 6.07) is 8.13. The molecular formula is C25H23F2N7O11P2S-2. The lowest BCUT2D eigenvalue weighted by atomic mass is 10.1. The lowest BCUT2D eigenvalue weighted by molar-refractivity contribution is -0.236. The quantitative estimate of drug-likeness (QED) is 0.263. The second kappa shape index (κ2) is 12.5. The molecule has 4 aromatic rings. The molecule has 2 bridgehead atoms. The summed E-state index contributed by atoms with van der Waals surface area (Å²) in [5.41, 5.74) is 4.50. The second-order valence-electron chi connectivity index (χ2n) is 10.8. The molecule has 3 aromatic heterocycles. The molecule has 0 amide bonds. The first-order valence-corrected chi connectivity index (χ1v) is 18.0. The topological polar surface area (TPSA) is 243 Å². The van der Waals surface area contributed by atoms with Crippen molar-refractivity contribution in [2.45, 2.75) is 49.2 Å². The van der Waals surface area contributed by atoms with E-state index < -0.39 is 88.2 Å². The minimum atomic E-state index is -5.46. The number of nitrogens with two attached hydrogens (primary N) is 1. The van der Waals surface area contributed by atoms with Crippen LogP contribution in [0, 0.1) is 0 Å². The molecule has 6 heterocycles. The van der Waals surface area contributed by atoms with Gasteiger partial charge in [0.25, 0.3) is 13.4 Å². The number of hydrogen-bond donors (Lipinski definition) is 2. The average molecular weight is 730 g/mol. The predicted octanol–water partition coefficient (Wildman–Crippen LogP) is -0.0329. The maximum Gasteiger partial charge on any atom is 0.330 e. The number of anilines is 1. The van der Waals surface area contributed by atoms with Gasteiger partial charge in [-0.05, 0) is 5.56 Å². The minimum Gasteiger partial charge on any atom is -0.780 e. The Bertz CT molecular complexity index is 2070. The summed E-state index contributed by atoms with van der Waals surface area (Å²) < 4.78 is 78.6. The summed E-state index contributed by atoms with van der Waals surface area (Å²) >= 11 is 5.01. The molecule has 0 radical (unpaired) electrons. The Kier molecular flexibility index (Phi) is 8.66. The van der Waals surface area contributed by atoms with E-state index >= 15 is 8.78 Å². The Hall–Kier alpha value is -3.33. The predicted molar refractivity (Wildman–Crippen MR) is 158 cm³/mol. The van der Waals surface area contributed by atoms with Crippen molar-refractivity contribution >= 4 is 43.3 Å². The van der Waals surface area contributed by atoms with E-state index in [9.17, 15) is 23.9 Å². The summed E-state index contributed by atoms with van der Waals surface area (Å²) in [6.07, 6.45) is -11.9. The zero-order valence-electron chi connectivity index (χ0n) is 24.0. The smallest absolute Gasteiger partial charge is 0.330 e. The Labute approximate surface area is 272 Å². The van der Waals surface area contributed by atoms with Crippen molar-refractivity contribution in [2.75, 3.05) is 18.9 Å². The van der Waals surface area contributed by atoms with Gasteiger partial charge in [0.15, 0.2) is 36.3 Å². The van der Waals surface area contributed by atoms with E-state index in [0.717, 1.165) is 28.0 Å². The van der Waals surface area contributed by atoms with Gasteiger partial charge in [0.2, 0.25) is 0 Å². The SMILES string of the molecule is Nc1ncnc2c1ncn2[C@@H]1O[C@@H]2COP([O-])(=S)O[C@@H]3[C@H](F)[C@@H](COP(=O)([O-])O[C@H]2[C@H]1F)O[C@H]3n1cc(-c2ccccc2)c(=O)[nH]c1=O. The number of nitrogens with zero attached hydrogens (tertiary/aromatic N) is 5. The Morgan fingerprint density at radius 1 is 0.938 bits per heavy atom. The molecule has 1 aromatic carbocycles. The summed E-state index contributed by atoms with van der Waals surface area (Å²) in [4.78, 5) is 65.9. The van der Waals surface area contributed by atoms with Crippen LogP contribution >= 0.6 is 14.5 Å². The number of hydrogen-bond acceptors (Lipinski definition) is 16. The number of halogens is 2. The van der Waals surface area contributed by atoms with E-state index in [1.807, 2.05) is 0 Å². The fraction of sp³-hybridized carbons (Fsp3) is 0.400. The van der Waals surface area contributed by atoms with Crippen LogP contribution in [0.5, 0.6) is 0 Å². The summed E-state index contributed by atoms with van der Waals surface area (Å²) in [5.74, 6) is -0.0160. The highest BCUT2D eigenvalue weighted by Crippen LogP contribution is 2.51. The number of aromatic nitrogens is 6. The van der Waals surface area contributed by atoms with Crippen LogP contribution in [-0.4, -0.2) is 79.0 Å². The third kappa shape index (κ3) is 6.16. The molecule has 0 spiro atoms. The number of phosphoric ester groups is 1. The lowest BCUT2D eigenvalue weighted by Gasteiger charge is -2.34. The zero-order valence-corrected chi connectivity index (χ0v) is 26.6. The van der Waals surface area contributed by atoms with Crippen LogP contribution in [-0.2, 0) is 43.9 Å². The normalized spacial score (nSPS) is 35.8. The van der Waals surface area contributed by atoms with Crippen molar-refractivity contribution in [3.63, 3.8) is 0 Å². The summed E-state index contributed by atoms with van der Waals surface area (Å²) in [5, 5.41) is 0. The van der Waals surface area contributed by atoms with Gasteiger partial charge < -0.3 is 43.1 Å². The van der Waals surface area contributed by atoms with Crippen molar-refractivity contribution in [3.05, 3.63) is 70.0 Å². The fourth-order valence-corrected chi connectivity index (χ4v) is 7.92. The standard InChI is InChI=1S/C25H25F2N7O11P2S/c26-15-13-7-40-46(37,38)44-18-14(43-23(16(18)27)34-10-31-17-20(28)29-9-30-21(17)34)8-41-47(39,48)45-19(15)24(42-13)33-6-12(22(35)32-25(33)36)11-4-2-1-3-5-11/h1-6,9-10,13-16,18-19,23-24H,7-8H2,(H,37,38)(H,39,48)(H2,28,29,30)(H,32,35,36)/p-2/t13-,14-,15-,16-,18-,19-,23-,24-,47?/m1/s1. The maximum absolute atomic E-state index is 15.9. The Balaban J connectivity index is 1.21. The maximum atomic E-state index is 15.9. The Morgan fingerprint density at radius 2 is 1.67 bits per heavy atom. The number of aromatic amines is 1. The van der Waals surface area contributed by atoms with Gasteiger partial charge >= 0.3 is 5.69 Å². The van der Waals surface area contributed by atoms with Crippen molar-refractivity contribution in [3.8, 4) is 11.1 Å². The van der Waals surface area contributed by atoms with Crippen LogP contribution in [0.4, 0.5) is 14.6 Å². The average Bonchev–Trinajstić information content (AvgIpc) is 3.70. The summed E-state index contributed by atoms with van der Waals surface area (Å²) in [7, 11) is -5.46. The monoisotopic (exact) mass is 729 g/mol. The number of fused-ring (bicyclic) bond motifs is 4. The second-order valence-corrected chi connectivity index (χ2v) is 14.9. The lowest BCUT2D eigenvalue weighted by Crippen LogP contribution is -2.39.